The number of aliphatic hydroxyl groups excluding tert-OH is 1. The molecule has 0 saturated carbocycles. The van der Waals surface area contributed by atoms with E-state index in [4.69, 9.17) is 10.5 Å². The average Bonchev–Trinajstić information content (AvgIpc) is 2.77. The van der Waals surface area contributed by atoms with Crippen LogP contribution in [0.4, 0.5) is 4.39 Å². The quantitative estimate of drug-likeness (QED) is 0.654. The topological polar surface area (TPSA) is 44.1 Å². The van der Waals surface area contributed by atoms with Gasteiger partial charge in [-0.1, -0.05) is 18.2 Å². The summed E-state index contributed by atoms with van der Waals surface area (Å²) < 4.78 is 13.4. The van der Waals surface area contributed by atoms with E-state index in [1.54, 1.807) is 12.1 Å². The molecule has 2 rings (SSSR count). The van der Waals surface area contributed by atoms with Gasteiger partial charge in [0.2, 0.25) is 0 Å². The fourth-order valence-electron chi connectivity index (χ4n) is 1.57. The first-order chi connectivity index (χ1) is 7.74. The second-order valence-electron chi connectivity index (χ2n) is 3.49. The summed E-state index contributed by atoms with van der Waals surface area (Å²) in [5.74, 6) is 1.57. The summed E-state index contributed by atoms with van der Waals surface area (Å²) in [7, 11) is 0. The fraction of sp³-hybridized carbons (Fsp3) is 0.0769. The molecule has 2 nitrogen and oxygen atoms in total. The summed E-state index contributed by atoms with van der Waals surface area (Å²) in [5, 5.41) is 16.7. The van der Waals surface area contributed by atoms with Crippen LogP contribution in [0.5, 0.6) is 0 Å². The Kier molecular flexibility index (Phi) is 2.82. The summed E-state index contributed by atoms with van der Waals surface area (Å²) in [4.78, 5) is 0. The molecule has 0 aromatic heterocycles. The van der Waals surface area contributed by atoms with Crippen molar-refractivity contribution in [3.05, 3.63) is 58.3 Å². The van der Waals surface area contributed by atoms with Crippen LogP contribution < -0.4 is 10.4 Å². The number of allylic oxidation sites excluding steroid dienone is 2. The molecule has 0 heterocycles. The fourth-order valence-corrected chi connectivity index (χ4v) is 1.57. The van der Waals surface area contributed by atoms with E-state index >= 15 is 0 Å². The summed E-state index contributed by atoms with van der Waals surface area (Å²) in [6, 6.07) is 4.62. The van der Waals surface area contributed by atoms with Crippen LogP contribution in [0.2, 0.25) is 0 Å². The Balaban J connectivity index is 2.64. The van der Waals surface area contributed by atoms with Crippen molar-refractivity contribution in [1.29, 1.82) is 5.41 Å². The van der Waals surface area contributed by atoms with Gasteiger partial charge in [-0.3, -0.25) is 5.41 Å². The van der Waals surface area contributed by atoms with Crippen molar-refractivity contribution in [2.45, 2.75) is 0 Å². The molecule has 1 aromatic rings. The lowest BCUT2D eigenvalue weighted by Crippen LogP contribution is -2.15. The van der Waals surface area contributed by atoms with Gasteiger partial charge in [-0.05, 0) is 40.4 Å². The molecule has 16 heavy (non-hydrogen) atoms. The predicted octanol–water partition coefficient (Wildman–Crippen LogP) is 0.385. The molecule has 0 aliphatic heterocycles. The minimum atomic E-state index is -0.459. The second-order valence-corrected chi connectivity index (χ2v) is 3.49. The number of nitrogens with one attached hydrogen (secondary N) is 1. The molecule has 1 aliphatic carbocycles. The molecule has 0 spiro atoms. The maximum Gasteiger partial charge on any atom is 0.140 e. The van der Waals surface area contributed by atoms with Gasteiger partial charge in [-0.25, -0.2) is 4.39 Å². The van der Waals surface area contributed by atoms with Crippen molar-refractivity contribution in [3.63, 3.8) is 0 Å². The Morgan fingerprint density at radius 2 is 2.12 bits per heavy atom. The molecule has 0 saturated heterocycles. The molecule has 0 bridgehead atoms. The lowest BCUT2D eigenvalue weighted by atomic mass is 10.1. The van der Waals surface area contributed by atoms with E-state index in [-0.39, 0.29) is 11.8 Å². The molecule has 0 amide bonds. The van der Waals surface area contributed by atoms with E-state index in [1.165, 1.54) is 12.1 Å². The van der Waals surface area contributed by atoms with Gasteiger partial charge in [-0.2, -0.15) is 0 Å². The van der Waals surface area contributed by atoms with Crippen LogP contribution in [0.15, 0.2) is 42.0 Å². The molecule has 1 aromatic carbocycles. The zero-order valence-electron chi connectivity index (χ0n) is 8.50. The smallest absolute Gasteiger partial charge is 0.140 e. The van der Waals surface area contributed by atoms with Gasteiger partial charge in [0, 0.05) is 0 Å². The average molecular weight is 215 g/mol. The Hall–Kier alpha value is -1.96. The molecule has 2 N–H and O–H groups in total. The second kappa shape index (κ2) is 4.27. The molecule has 0 radical (unpaired) electrons. The van der Waals surface area contributed by atoms with Crippen molar-refractivity contribution < 1.29 is 9.50 Å². The zero-order chi connectivity index (χ0) is 11.5. The van der Waals surface area contributed by atoms with Crippen LogP contribution in [0.3, 0.4) is 0 Å². The van der Waals surface area contributed by atoms with Gasteiger partial charge in [0.1, 0.15) is 5.82 Å². The number of hydrogen-bond acceptors (Lipinski definition) is 2. The highest BCUT2D eigenvalue weighted by atomic mass is 19.1. The van der Waals surface area contributed by atoms with Gasteiger partial charge in [0.15, 0.2) is 0 Å². The van der Waals surface area contributed by atoms with E-state index < -0.39 is 5.82 Å². The van der Waals surface area contributed by atoms with Crippen molar-refractivity contribution in [3.8, 4) is 0 Å². The van der Waals surface area contributed by atoms with Crippen LogP contribution in [-0.2, 0) is 0 Å². The van der Waals surface area contributed by atoms with Crippen LogP contribution in [0.25, 0.3) is 5.57 Å². The molecule has 0 fully saturated rings. The van der Waals surface area contributed by atoms with Crippen molar-refractivity contribution in [2.24, 2.45) is 0 Å². The van der Waals surface area contributed by atoms with Crippen LogP contribution in [-0.4, -0.2) is 17.6 Å². The van der Waals surface area contributed by atoms with E-state index in [0.29, 0.717) is 0 Å². The maximum absolute atomic E-state index is 13.4. The number of rotatable bonds is 1. The minimum absolute atomic E-state index is 0.0190. The third kappa shape index (κ3) is 1.87. The van der Waals surface area contributed by atoms with Gasteiger partial charge in [-0.15, -0.1) is 0 Å². The lowest BCUT2D eigenvalue weighted by Gasteiger charge is -1.93. The first-order valence-corrected chi connectivity index (χ1v) is 4.83. The van der Waals surface area contributed by atoms with Gasteiger partial charge >= 0.3 is 0 Å². The third-order valence-electron chi connectivity index (χ3n) is 2.44. The van der Waals surface area contributed by atoms with Crippen LogP contribution in [0, 0.1) is 11.2 Å². The standard InChI is InChI=1S/C13H10FNO/c14-13-6-11(3-4-12(13)7-15)10-2-1-9(5-10)8-16/h1-6,15-16H,8H2/b11-10-. The summed E-state index contributed by atoms with van der Waals surface area (Å²) >= 11 is 0. The Morgan fingerprint density at radius 3 is 2.69 bits per heavy atom. The van der Waals surface area contributed by atoms with E-state index in [0.717, 1.165) is 16.4 Å². The van der Waals surface area contributed by atoms with Crippen LogP contribution in [0.1, 0.15) is 0 Å². The highest BCUT2D eigenvalue weighted by Crippen LogP contribution is 2.13. The van der Waals surface area contributed by atoms with E-state index in [1.807, 2.05) is 18.0 Å². The number of halogens is 1. The first-order valence-electron chi connectivity index (χ1n) is 4.83. The SMILES string of the molecule is N=C=c1cc/c(=C2\C=CC(CO)=C2)cc1F. The summed E-state index contributed by atoms with van der Waals surface area (Å²) in [6.45, 7) is -0.0190. The number of hydrogen-bond donors (Lipinski definition) is 2. The number of benzene rings is 1. The molecule has 3 heteroatoms. The Bertz CT molecular complexity index is 622. The Morgan fingerprint density at radius 1 is 1.31 bits per heavy atom. The zero-order valence-corrected chi connectivity index (χ0v) is 8.50. The number of aliphatic hydroxyl groups is 1. The lowest BCUT2D eigenvalue weighted by molar-refractivity contribution is 0.335. The third-order valence-corrected chi connectivity index (χ3v) is 2.44. The van der Waals surface area contributed by atoms with Crippen molar-refractivity contribution >= 4 is 11.4 Å². The van der Waals surface area contributed by atoms with Gasteiger partial charge in [0.05, 0.1) is 11.8 Å². The minimum Gasteiger partial charge on any atom is -0.392 e. The first kappa shape index (κ1) is 10.6. The van der Waals surface area contributed by atoms with E-state index in [2.05, 4.69) is 0 Å². The van der Waals surface area contributed by atoms with Gasteiger partial charge in [0.25, 0.3) is 0 Å². The van der Waals surface area contributed by atoms with Crippen LogP contribution >= 0.6 is 0 Å². The van der Waals surface area contributed by atoms with Crippen molar-refractivity contribution in [2.75, 3.05) is 6.61 Å². The molecular weight excluding hydrogens is 205 g/mol. The van der Waals surface area contributed by atoms with E-state index in [9.17, 15) is 4.39 Å². The highest BCUT2D eigenvalue weighted by molar-refractivity contribution is 5.73. The molecule has 0 atom stereocenters. The molecular formula is C13H10FNO. The Labute approximate surface area is 91.9 Å². The largest absolute Gasteiger partial charge is 0.392 e. The normalized spacial score (nSPS) is 17.2. The molecule has 80 valence electrons. The van der Waals surface area contributed by atoms with Crippen molar-refractivity contribution in [1.82, 2.24) is 0 Å². The highest BCUT2D eigenvalue weighted by Gasteiger charge is 2.02. The summed E-state index contributed by atoms with van der Waals surface area (Å²) in [6.07, 6.45) is 5.43. The molecule has 0 unspecified atom stereocenters. The monoisotopic (exact) mass is 215 g/mol. The molecule has 1 aliphatic rings. The van der Waals surface area contributed by atoms with Gasteiger partial charge < -0.3 is 5.11 Å². The maximum atomic E-state index is 13.4. The summed E-state index contributed by atoms with van der Waals surface area (Å²) in [5.41, 5.74) is 1.66. The predicted molar refractivity (Wildman–Crippen MR) is 60.2 cm³/mol.